The van der Waals surface area contributed by atoms with Gasteiger partial charge in [0.15, 0.2) is 0 Å². The van der Waals surface area contributed by atoms with Crippen molar-refractivity contribution in [2.24, 2.45) is 16.6 Å². The molecule has 2 N–H and O–H groups in total. The third kappa shape index (κ3) is 2.90. The average Bonchev–Trinajstić information content (AvgIpc) is 3.07. The molecular formula is C21H37N. The number of nitrogens with two attached hydrogens (primary N) is 1. The van der Waals surface area contributed by atoms with Gasteiger partial charge >= 0.3 is 0 Å². The largest absolute Gasteiger partial charge is 0.330 e. The van der Waals surface area contributed by atoms with E-state index >= 15 is 0 Å². The summed E-state index contributed by atoms with van der Waals surface area (Å²) < 4.78 is 0. The van der Waals surface area contributed by atoms with Crippen molar-refractivity contribution < 1.29 is 0 Å². The maximum absolute atomic E-state index is 5.64. The molecule has 0 aromatic rings. The second-order valence-corrected chi connectivity index (χ2v) is 8.34. The molecule has 0 aromatic carbocycles. The third-order valence-corrected chi connectivity index (χ3v) is 7.31. The first-order valence-electron chi connectivity index (χ1n) is 10.2. The van der Waals surface area contributed by atoms with Crippen molar-refractivity contribution in [3.63, 3.8) is 0 Å². The van der Waals surface area contributed by atoms with Crippen LogP contribution in [0.15, 0.2) is 11.1 Å². The highest BCUT2D eigenvalue weighted by atomic mass is 14.7. The van der Waals surface area contributed by atoms with Gasteiger partial charge in [-0.25, -0.2) is 0 Å². The molecule has 126 valence electrons. The summed E-state index contributed by atoms with van der Waals surface area (Å²) in [6, 6.07) is 0. The average molecular weight is 304 g/mol. The summed E-state index contributed by atoms with van der Waals surface area (Å²) in [5.74, 6) is 0. The van der Waals surface area contributed by atoms with Gasteiger partial charge in [0.2, 0.25) is 0 Å². The van der Waals surface area contributed by atoms with E-state index in [9.17, 15) is 0 Å². The molecule has 3 saturated carbocycles. The van der Waals surface area contributed by atoms with Crippen molar-refractivity contribution in [1.29, 1.82) is 0 Å². The van der Waals surface area contributed by atoms with E-state index in [1.54, 1.807) is 0 Å². The van der Waals surface area contributed by atoms with Crippen LogP contribution in [0.25, 0.3) is 0 Å². The molecule has 3 aliphatic rings. The van der Waals surface area contributed by atoms with E-state index in [2.05, 4.69) is 6.92 Å². The summed E-state index contributed by atoms with van der Waals surface area (Å²) >= 11 is 0. The monoisotopic (exact) mass is 303 g/mol. The fourth-order valence-corrected chi connectivity index (χ4v) is 6.00. The highest BCUT2D eigenvalue weighted by Crippen LogP contribution is 2.79. The maximum atomic E-state index is 5.64. The lowest BCUT2D eigenvalue weighted by Crippen LogP contribution is -2.14. The van der Waals surface area contributed by atoms with Crippen molar-refractivity contribution in [1.82, 2.24) is 0 Å². The van der Waals surface area contributed by atoms with Crippen LogP contribution in [0.1, 0.15) is 103 Å². The number of rotatable bonds is 8. The molecule has 3 rings (SSSR count). The van der Waals surface area contributed by atoms with Crippen molar-refractivity contribution in [3.05, 3.63) is 11.1 Å². The van der Waals surface area contributed by atoms with E-state index in [-0.39, 0.29) is 0 Å². The highest BCUT2D eigenvalue weighted by molar-refractivity contribution is 5.37. The van der Waals surface area contributed by atoms with Crippen LogP contribution in [-0.4, -0.2) is 6.54 Å². The number of allylic oxidation sites excluding steroid dienone is 2. The lowest BCUT2D eigenvalue weighted by atomic mass is 9.77. The first kappa shape index (κ1) is 16.6. The topological polar surface area (TPSA) is 26.0 Å². The van der Waals surface area contributed by atoms with E-state index in [1.807, 2.05) is 11.1 Å². The third-order valence-electron chi connectivity index (χ3n) is 7.31. The summed E-state index contributed by atoms with van der Waals surface area (Å²) in [6.45, 7) is 3.33. The predicted molar refractivity (Wildman–Crippen MR) is 95.9 cm³/mol. The fraction of sp³-hybridized carbons (Fsp3) is 0.905. The summed E-state index contributed by atoms with van der Waals surface area (Å²) in [6.07, 6.45) is 21.5. The Labute approximate surface area is 138 Å². The molecule has 3 fully saturated rings. The highest BCUT2D eigenvalue weighted by Gasteiger charge is 2.69. The molecule has 0 spiro atoms. The standard InChI is InChI=1S/C21H37N/c1-2-20-14-10-15-21(20,17-20)19(13-8-3-4-9-16-22)18-11-6-5-7-12-18/h2-17,22H2,1H3. The molecule has 0 amide bonds. The zero-order valence-electron chi connectivity index (χ0n) is 14.9. The zero-order valence-corrected chi connectivity index (χ0v) is 14.9. The van der Waals surface area contributed by atoms with E-state index < -0.39 is 0 Å². The normalized spacial score (nSPS) is 33.8. The fourth-order valence-electron chi connectivity index (χ4n) is 6.00. The van der Waals surface area contributed by atoms with Gasteiger partial charge in [0.25, 0.3) is 0 Å². The molecule has 2 atom stereocenters. The summed E-state index contributed by atoms with van der Waals surface area (Å²) in [7, 11) is 0. The number of unbranched alkanes of at least 4 members (excludes halogenated alkanes) is 3. The SMILES string of the molecule is CCC12CCCC1(C(CCCCCCN)=C1CCCCC1)C2. The number of hydrogen-bond acceptors (Lipinski definition) is 1. The van der Waals surface area contributed by atoms with E-state index in [4.69, 9.17) is 5.73 Å². The number of hydrogen-bond donors (Lipinski definition) is 1. The molecule has 1 nitrogen and oxygen atoms in total. The summed E-state index contributed by atoms with van der Waals surface area (Å²) in [5, 5.41) is 0. The van der Waals surface area contributed by atoms with Gasteiger partial charge < -0.3 is 5.73 Å². The molecule has 0 aliphatic heterocycles. The first-order chi connectivity index (χ1) is 10.8. The van der Waals surface area contributed by atoms with Crippen LogP contribution >= 0.6 is 0 Å². The molecule has 0 heterocycles. The van der Waals surface area contributed by atoms with Gasteiger partial charge in [-0.2, -0.15) is 0 Å². The van der Waals surface area contributed by atoms with Crippen molar-refractivity contribution >= 4 is 0 Å². The first-order valence-corrected chi connectivity index (χ1v) is 10.2. The summed E-state index contributed by atoms with van der Waals surface area (Å²) in [5.41, 5.74) is 11.0. The van der Waals surface area contributed by atoms with Gasteiger partial charge in [0, 0.05) is 0 Å². The second-order valence-electron chi connectivity index (χ2n) is 8.34. The minimum Gasteiger partial charge on any atom is -0.330 e. The van der Waals surface area contributed by atoms with Crippen molar-refractivity contribution in [2.75, 3.05) is 6.54 Å². The second kappa shape index (κ2) is 7.07. The van der Waals surface area contributed by atoms with Crippen molar-refractivity contribution in [3.8, 4) is 0 Å². The van der Waals surface area contributed by atoms with Gasteiger partial charge in [-0.05, 0) is 88.0 Å². The molecular weight excluding hydrogens is 266 g/mol. The maximum Gasteiger partial charge on any atom is -0.00232 e. The van der Waals surface area contributed by atoms with E-state index in [0.717, 1.165) is 12.0 Å². The lowest BCUT2D eigenvalue weighted by molar-refractivity contribution is 0.402. The van der Waals surface area contributed by atoms with Gasteiger partial charge in [0.05, 0.1) is 0 Å². The van der Waals surface area contributed by atoms with E-state index in [1.165, 1.54) is 96.3 Å². The Morgan fingerprint density at radius 2 is 1.73 bits per heavy atom. The molecule has 1 heteroatoms. The quantitative estimate of drug-likeness (QED) is 0.424. The Hall–Kier alpha value is -0.300. The Morgan fingerprint density at radius 1 is 0.955 bits per heavy atom. The van der Waals surface area contributed by atoms with Crippen LogP contribution < -0.4 is 5.73 Å². The van der Waals surface area contributed by atoms with Crippen LogP contribution in [0.5, 0.6) is 0 Å². The zero-order chi connectivity index (χ0) is 15.5. The van der Waals surface area contributed by atoms with E-state index in [0.29, 0.717) is 5.41 Å². The van der Waals surface area contributed by atoms with Crippen LogP contribution in [0.2, 0.25) is 0 Å². The molecule has 0 aromatic heterocycles. The Bertz CT molecular complexity index is 402. The lowest BCUT2D eigenvalue weighted by Gasteiger charge is -2.28. The smallest absolute Gasteiger partial charge is 0.00232 e. The van der Waals surface area contributed by atoms with Gasteiger partial charge in [0.1, 0.15) is 0 Å². The molecule has 22 heavy (non-hydrogen) atoms. The van der Waals surface area contributed by atoms with Crippen LogP contribution in [0, 0.1) is 10.8 Å². The summed E-state index contributed by atoms with van der Waals surface area (Å²) in [4.78, 5) is 0. The number of fused-ring (bicyclic) bond motifs is 1. The molecule has 0 saturated heterocycles. The Balaban J connectivity index is 1.70. The molecule has 3 aliphatic carbocycles. The molecule has 0 bridgehead atoms. The predicted octanol–water partition coefficient (Wildman–Crippen LogP) is 6.13. The Kier molecular flexibility index (Phi) is 5.32. The Morgan fingerprint density at radius 3 is 2.41 bits per heavy atom. The van der Waals surface area contributed by atoms with Gasteiger partial charge in [-0.1, -0.05) is 43.8 Å². The van der Waals surface area contributed by atoms with Crippen LogP contribution in [0.4, 0.5) is 0 Å². The minimum atomic E-state index is 0.683. The minimum absolute atomic E-state index is 0.683. The van der Waals surface area contributed by atoms with Gasteiger partial charge in [-0.15, -0.1) is 0 Å². The van der Waals surface area contributed by atoms with Crippen molar-refractivity contribution in [2.45, 2.75) is 103 Å². The van der Waals surface area contributed by atoms with Gasteiger partial charge in [-0.3, -0.25) is 0 Å². The van der Waals surface area contributed by atoms with Crippen LogP contribution in [-0.2, 0) is 0 Å². The molecule has 0 radical (unpaired) electrons. The molecule has 2 unspecified atom stereocenters. The van der Waals surface area contributed by atoms with Crippen LogP contribution in [0.3, 0.4) is 0 Å².